The molecule has 1 aliphatic heterocycles. The van der Waals surface area contributed by atoms with Gasteiger partial charge in [0.1, 0.15) is 24.2 Å². The van der Waals surface area contributed by atoms with Gasteiger partial charge in [0, 0.05) is 28.2 Å². The van der Waals surface area contributed by atoms with Crippen molar-refractivity contribution >= 4 is 41.5 Å². The molecule has 0 aromatic carbocycles. The molecule has 1 fully saturated rings. The summed E-state index contributed by atoms with van der Waals surface area (Å²) in [7, 11) is 6.04. The molecule has 7 unspecified atom stereocenters. The maximum absolute atomic E-state index is 14.4. The fraction of sp³-hybridized carbons (Fsp3) is 0.854. The summed E-state index contributed by atoms with van der Waals surface area (Å²) in [6, 6.07) is -3.93. The van der Waals surface area contributed by atoms with Gasteiger partial charge in [0.25, 0.3) is 23.6 Å². The predicted molar refractivity (Wildman–Crippen MR) is 243 cm³/mol. The lowest BCUT2D eigenvalue weighted by atomic mass is 9.98. The highest BCUT2D eigenvalue weighted by Gasteiger charge is 2.44. The summed E-state index contributed by atoms with van der Waals surface area (Å²) >= 11 is 0. The zero-order chi connectivity index (χ0) is 49.0. The van der Waals surface area contributed by atoms with E-state index in [0.29, 0.717) is 6.42 Å². The molecule has 0 aromatic heterocycles. The van der Waals surface area contributed by atoms with Crippen molar-refractivity contribution in [3.63, 3.8) is 0 Å². The van der Waals surface area contributed by atoms with Crippen molar-refractivity contribution in [2.75, 3.05) is 34.8 Å². The smallest absolute Gasteiger partial charge is 0.329 e. The first-order valence-electron chi connectivity index (χ1n) is 23.3. The average molecular weight is 895 g/mol. The number of esters is 3. The molecule has 15 nitrogen and oxygen atoms in total. The SMILES string of the molecule is CC(C)CC1C(=O)OC(C(C)C)C(=O)N(C)C(CC(C)C)C(=O)OC(C(C)C)C(=O)N(C)C(CC(C)C)C(=O)OC(C(C)C)C(=O)N(C)[C@H](CC(C)C)COC(C(C)C)C(=O)N1C. The second-order valence-electron chi connectivity index (χ2n) is 20.8. The number of hydrogen-bond donors (Lipinski definition) is 0. The number of carbonyl (C=O) groups is 7. The highest BCUT2D eigenvalue weighted by molar-refractivity contribution is 5.93. The van der Waals surface area contributed by atoms with Gasteiger partial charge in [-0.1, -0.05) is 111 Å². The van der Waals surface area contributed by atoms with Crippen LogP contribution in [0.4, 0.5) is 0 Å². The minimum absolute atomic E-state index is 0.0305. The lowest BCUT2D eigenvalue weighted by Crippen LogP contribution is -2.56. The zero-order valence-electron chi connectivity index (χ0n) is 42.6. The molecule has 63 heavy (non-hydrogen) atoms. The van der Waals surface area contributed by atoms with Gasteiger partial charge in [-0.25, -0.2) is 14.4 Å². The number of cyclic esters (lactones) is 3. The normalized spacial score (nSPS) is 26.9. The maximum atomic E-state index is 14.4. The number of amides is 4. The molecule has 1 aliphatic rings. The molecule has 0 aliphatic carbocycles. The second-order valence-corrected chi connectivity index (χ2v) is 20.8. The third kappa shape index (κ3) is 16.6. The van der Waals surface area contributed by atoms with E-state index in [9.17, 15) is 33.6 Å². The van der Waals surface area contributed by atoms with Crippen molar-refractivity contribution in [1.82, 2.24) is 19.6 Å². The lowest BCUT2D eigenvalue weighted by Gasteiger charge is -2.38. The van der Waals surface area contributed by atoms with Gasteiger partial charge in [0.2, 0.25) is 0 Å². The average Bonchev–Trinajstić information content (AvgIpc) is 3.17. The van der Waals surface area contributed by atoms with Crippen molar-refractivity contribution in [2.45, 2.75) is 185 Å². The van der Waals surface area contributed by atoms with Crippen molar-refractivity contribution in [2.24, 2.45) is 47.3 Å². The highest BCUT2D eigenvalue weighted by Crippen LogP contribution is 2.26. The van der Waals surface area contributed by atoms with E-state index < -0.39 is 108 Å². The van der Waals surface area contributed by atoms with Gasteiger partial charge in [0.15, 0.2) is 18.3 Å². The third-order valence-electron chi connectivity index (χ3n) is 11.6. The predicted octanol–water partition coefficient (Wildman–Crippen LogP) is 6.24. The number of ether oxygens (including phenoxy) is 4. The van der Waals surface area contributed by atoms with Gasteiger partial charge in [0.05, 0.1) is 12.6 Å². The van der Waals surface area contributed by atoms with E-state index in [1.54, 1.807) is 48.6 Å². The molecule has 0 N–H and O–H groups in total. The van der Waals surface area contributed by atoms with Gasteiger partial charge in [-0.2, -0.15) is 0 Å². The number of nitrogens with zero attached hydrogens (tertiary/aromatic N) is 4. The Kier molecular flexibility index (Phi) is 23.3. The van der Waals surface area contributed by atoms with Gasteiger partial charge in [-0.3, -0.25) is 19.2 Å². The summed E-state index contributed by atoms with van der Waals surface area (Å²) < 4.78 is 24.6. The standard InChI is InChI=1S/C48H86N4O11/c1-26(2)21-34-25-60-38(30(9)10)42(53)50(18)35(22-27(3)4)46(57)62-40(32(13)14)44(55)52(20)37(24-29(7)8)48(59)63-41(33(15)16)45(56)51(19)36(23-28(5)6)47(58)61-39(31(11)12)43(54)49(34)17/h26-41H,21-25H2,1-20H3/t34-,35?,36?,37?,38?,39?,40?,41?/m1/s1. The molecule has 4 amide bonds. The number of carbonyl (C=O) groups excluding carboxylic acids is 7. The van der Waals surface area contributed by atoms with E-state index in [0.717, 1.165) is 0 Å². The topological polar surface area (TPSA) is 169 Å². The fourth-order valence-corrected chi connectivity index (χ4v) is 7.69. The Morgan fingerprint density at radius 2 is 0.619 bits per heavy atom. The van der Waals surface area contributed by atoms with Crippen LogP contribution in [-0.2, 0) is 52.5 Å². The number of likely N-dealkylation sites (N-methyl/N-ethyl adjacent to an activating group) is 4. The molecule has 1 saturated heterocycles. The molecule has 8 atom stereocenters. The number of hydrogen-bond acceptors (Lipinski definition) is 11. The van der Waals surface area contributed by atoms with Crippen LogP contribution in [0.2, 0.25) is 0 Å². The van der Waals surface area contributed by atoms with Crippen LogP contribution in [0.3, 0.4) is 0 Å². The summed E-state index contributed by atoms with van der Waals surface area (Å²) in [6.45, 7) is 29.5. The zero-order valence-corrected chi connectivity index (χ0v) is 42.6. The lowest BCUT2D eigenvalue weighted by molar-refractivity contribution is -0.178. The molecule has 1 heterocycles. The van der Waals surface area contributed by atoms with Crippen LogP contribution in [0.1, 0.15) is 136 Å². The first-order valence-corrected chi connectivity index (χ1v) is 23.3. The molecule has 1 rings (SSSR count). The van der Waals surface area contributed by atoms with Crippen LogP contribution < -0.4 is 0 Å². The summed E-state index contributed by atoms with van der Waals surface area (Å²) in [6.07, 6.45) is -3.85. The van der Waals surface area contributed by atoms with E-state index in [1.807, 2.05) is 69.2 Å². The van der Waals surface area contributed by atoms with Crippen LogP contribution in [0, 0.1) is 47.3 Å². The number of rotatable bonds is 12. The molecule has 364 valence electrons. The Hall–Kier alpha value is -3.75. The fourth-order valence-electron chi connectivity index (χ4n) is 7.69. The van der Waals surface area contributed by atoms with Gasteiger partial charge in [-0.15, -0.1) is 0 Å². The van der Waals surface area contributed by atoms with Crippen molar-refractivity contribution in [1.29, 1.82) is 0 Å². The summed E-state index contributed by atoms with van der Waals surface area (Å²) in [5, 5.41) is 0. The molecular weight excluding hydrogens is 809 g/mol. The maximum Gasteiger partial charge on any atom is 0.329 e. The molecule has 0 bridgehead atoms. The van der Waals surface area contributed by atoms with Crippen LogP contribution in [0.15, 0.2) is 0 Å². The molecule has 0 saturated carbocycles. The Morgan fingerprint density at radius 3 is 0.857 bits per heavy atom. The van der Waals surface area contributed by atoms with Crippen molar-refractivity contribution < 1.29 is 52.5 Å². The second kappa shape index (κ2) is 25.7. The minimum Gasteiger partial charge on any atom is -0.450 e. The minimum atomic E-state index is -1.35. The van der Waals surface area contributed by atoms with E-state index in [1.165, 1.54) is 40.7 Å². The summed E-state index contributed by atoms with van der Waals surface area (Å²) in [4.78, 5) is 106. The van der Waals surface area contributed by atoms with Crippen LogP contribution in [-0.4, -0.2) is 145 Å². The highest BCUT2D eigenvalue weighted by atomic mass is 16.6. The molecule has 0 aromatic rings. The first kappa shape index (κ1) is 57.3. The molecule has 15 heteroatoms. The summed E-state index contributed by atoms with van der Waals surface area (Å²) in [5.41, 5.74) is 0. The van der Waals surface area contributed by atoms with Crippen LogP contribution in [0.5, 0.6) is 0 Å². The largest absolute Gasteiger partial charge is 0.450 e. The van der Waals surface area contributed by atoms with Gasteiger partial charge >= 0.3 is 17.9 Å². The van der Waals surface area contributed by atoms with E-state index in [-0.39, 0.29) is 55.5 Å². The van der Waals surface area contributed by atoms with Crippen LogP contribution in [0.25, 0.3) is 0 Å². The van der Waals surface area contributed by atoms with Crippen LogP contribution >= 0.6 is 0 Å². The monoisotopic (exact) mass is 895 g/mol. The van der Waals surface area contributed by atoms with Gasteiger partial charge < -0.3 is 38.5 Å². The van der Waals surface area contributed by atoms with Gasteiger partial charge in [-0.05, 0) is 73.0 Å². The molecular formula is C48H86N4O11. The van der Waals surface area contributed by atoms with Crippen molar-refractivity contribution in [3.05, 3.63) is 0 Å². The van der Waals surface area contributed by atoms with E-state index >= 15 is 0 Å². The van der Waals surface area contributed by atoms with Crippen molar-refractivity contribution in [3.8, 4) is 0 Å². The Bertz CT molecular complexity index is 1520. The van der Waals surface area contributed by atoms with E-state index in [2.05, 4.69) is 0 Å². The van der Waals surface area contributed by atoms with E-state index in [4.69, 9.17) is 18.9 Å². The quantitative estimate of drug-likeness (QED) is 0.161. The Labute approximate surface area is 380 Å². The Morgan fingerprint density at radius 1 is 0.381 bits per heavy atom. The summed E-state index contributed by atoms with van der Waals surface area (Å²) in [5.74, 6) is -6.62. The Balaban J connectivity index is 4.15. The third-order valence-corrected chi connectivity index (χ3v) is 11.6. The molecule has 0 spiro atoms. The molecule has 0 radical (unpaired) electrons. The first-order chi connectivity index (χ1) is 29.0.